The van der Waals surface area contributed by atoms with Crippen LogP contribution in [0, 0.1) is 5.92 Å². The van der Waals surface area contributed by atoms with Gasteiger partial charge < -0.3 is 15.3 Å². The maximum absolute atomic E-state index is 12.0. The highest BCUT2D eigenvalue weighted by molar-refractivity contribution is 5.84. The molecule has 132 valence electrons. The summed E-state index contributed by atoms with van der Waals surface area (Å²) in [6, 6.07) is 9.73. The highest BCUT2D eigenvalue weighted by Crippen LogP contribution is 2.05. The monoisotopic (exact) mass is 334 g/mol. The van der Waals surface area contributed by atoms with Gasteiger partial charge in [-0.2, -0.15) is 0 Å². The van der Waals surface area contributed by atoms with Gasteiger partial charge in [0.1, 0.15) is 0 Å². The molecule has 6 heteroatoms. The number of carbonyl (C=O) groups excluding carboxylic acids is 2. The Morgan fingerprint density at radius 2 is 1.88 bits per heavy atom. The molecule has 24 heavy (non-hydrogen) atoms. The molecule has 2 amide bonds. The Morgan fingerprint density at radius 1 is 1.21 bits per heavy atom. The van der Waals surface area contributed by atoms with E-state index in [1.165, 1.54) is 11.8 Å². The fraction of sp³-hybridized carbons (Fsp3) is 0.500. The maximum Gasteiger partial charge on any atom is 0.308 e. The van der Waals surface area contributed by atoms with E-state index in [0.29, 0.717) is 19.4 Å². The molecule has 0 heterocycles. The van der Waals surface area contributed by atoms with Crippen LogP contribution in [0.2, 0.25) is 0 Å². The smallest absolute Gasteiger partial charge is 0.308 e. The van der Waals surface area contributed by atoms with Crippen LogP contribution in [0.25, 0.3) is 0 Å². The Bertz CT molecular complexity index is 545. The number of carboxylic acids is 1. The molecule has 1 aromatic rings. The molecule has 0 aliphatic heterocycles. The highest BCUT2D eigenvalue weighted by Gasteiger charge is 2.19. The number of nitrogens with one attached hydrogen (secondary N) is 1. The predicted octanol–water partition coefficient (Wildman–Crippen LogP) is 1.69. The third-order valence-corrected chi connectivity index (χ3v) is 3.83. The van der Waals surface area contributed by atoms with Crippen molar-refractivity contribution in [3.63, 3.8) is 0 Å². The molecule has 1 unspecified atom stereocenters. The van der Waals surface area contributed by atoms with Crippen molar-refractivity contribution in [2.45, 2.75) is 33.1 Å². The van der Waals surface area contributed by atoms with Gasteiger partial charge in [-0.1, -0.05) is 43.7 Å². The van der Waals surface area contributed by atoms with Crippen LogP contribution in [0.15, 0.2) is 30.3 Å². The van der Waals surface area contributed by atoms with E-state index in [-0.39, 0.29) is 24.9 Å². The number of aliphatic carboxylic acids is 1. The van der Waals surface area contributed by atoms with Crippen molar-refractivity contribution >= 4 is 17.8 Å². The van der Waals surface area contributed by atoms with E-state index >= 15 is 0 Å². The summed E-state index contributed by atoms with van der Waals surface area (Å²) in [6.07, 6.45) is 1.92. The Hall–Kier alpha value is -2.37. The molecule has 0 aliphatic rings. The van der Waals surface area contributed by atoms with Gasteiger partial charge in [0.25, 0.3) is 0 Å². The normalized spacial score (nSPS) is 11.6. The van der Waals surface area contributed by atoms with Crippen molar-refractivity contribution in [2.75, 3.05) is 19.6 Å². The van der Waals surface area contributed by atoms with Gasteiger partial charge in [0, 0.05) is 20.0 Å². The summed E-state index contributed by atoms with van der Waals surface area (Å²) in [5, 5.41) is 11.7. The first-order valence-corrected chi connectivity index (χ1v) is 8.23. The number of hydrogen-bond acceptors (Lipinski definition) is 3. The molecule has 0 fully saturated rings. The number of carbonyl (C=O) groups is 3. The fourth-order valence-electron chi connectivity index (χ4n) is 2.38. The predicted molar refractivity (Wildman–Crippen MR) is 91.4 cm³/mol. The molecule has 0 bridgehead atoms. The molecule has 0 aliphatic carbocycles. The lowest BCUT2D eigenvalue weighted by Crippen LogP contribution is -2.42. The molecule has 0 radical (unpaired) electrons. The third-order valence-electron chi connectivity index (χ3n) is 3.83. The van der Waals surface area contributed by atoms with Gasteiger partial charge in [-0.15, -0.1) is 0 Å². The molecule has 1 aromatic carbocycles. The number of benzene rings is 1. The summed E-state index contributed by atoms with van der Waals surface area (Å²) >= 11 is 0. The van der Waals surface area contributed by atoms with Gasteiger partial charge in [-0.3, -0.25) is 14.4 Å². The molecule has 1 atom stereocenters. The van der Waals surface area contributed by atoms with Crippen LogP contribution in [0.4, 0.5) is 0 Å². The number of rotatable bonds is 10. The van der Waals surface area contributed by atoms with Gasteiger partial charge in [0.2, 0.25) is 11.8 Å². The van der Waals surface area contributed by atoms with Crippen molar-refractivity contribution in [2.24, 2.45) is 5.92 Å². The summed E-state index contributed by atoms with van der Waals surface area (Å²) in [6.45, 7) is 3.81. The first-order chi connectivity index (χ1) is 11.4. The minimum absolute atomic E-state index is 0.0549. The molecule has 0 saturated carbocycles. The van der Waals surface area contributed by atoms with Crippen LogP contribution >= 0.6 is 0 Å². The molecule has 6 nitrogen and oxygen atoms in total. The van der Waals surface area contributed by atoms with E-state index in [1.807, 2.05) is 37.3 Å². The largest absolute Gasteiger partial charge is 0.481 e. The second-order valence-corrected chi connectivity index (χ2v) is 5.80. The lowest BCUT2D eigenvalue weighted by molar-refractivity contribution is -0.142. The molecule has 2 N–H and O–H groups in total. The van der Waals surface area contributed by atoms with Crippen LogP contribution in [-0.2, 0) is 20.8 Å². The lowest BCUT2D eigenvalue weighted by atomic mass is 10.0. The van der Waals surface area contributed by atoms with Gasteiger partial charge in [0.05, 0.1) is 12.5 Å². The van der Waals surface area contributed by atoms with Crippen LogP contribution in [0.3, 0.4) is 0 Å². The van der Waals surface area contributed by atoms with E-state index in [4.69, 9.17) is 5.11 Å². The molecule has 0 spiro atoms. The first kappa shape index (κ1) is 19.7. The fourth-order valence-corrected chi connectivity index (χ4v) is 2.38. The van der Waals surface area contributed by atoms with Crippen molar-refractivity contribution in [3.05, 3.63) is 35.9 Å². The number of hydrogen-bond donors (Lipinski definition) is 2. The molecule has 0 aromatic heterocycles. The number of carboxylic acid groups (broad SMARTS) is 1. The summed E-state index contributed by atoms with van der Waals surface area (Å²) in [7, 11) is 0. The zero-order valence-electron chi connectivity index (χ0n) is 14.3. The van der Waals surface area contributed by atoms with Gasteiger partial charge in [-0.25, -0.2) is 0 Å². The van der Waals surface area contributed by atoms with Crippen molar-refractivity contribution < 1.29 is 19.5 Å². The van der Waals surface area contributed by atoms with Crippen LogP contribution < -0.4 is 5.32 Å². The van der Waals surface area contributed by atoms with E-state index < -0.39 is 11.9 Å². The average molecular weight is 334 g/mol. The standard InChI is InChI=1S/C18H26N2O4/c1-3-7-16(18(23)24)12-19-17(22)13-20(14(2)21)11-10-15-8-5-4-6-9-15/h4-6,8-9,16H,3,7,10-13H2,1-2H3,(H,19,22)(H,23,24). The molecule has 1 rings (SSSR count). The van der Waals surface area contributed by atoms with Crippen LogP contribution in [-0.4, -0.2) is 47.4 Å². The second kappa shape index (κ2) is 10.4. The molecular formula is C18H26N2O4. The quantitative estimate of drug-likeness (QED) is 0.682. The van der Waals surface area contributed by atoms with E-state index in [0.717, 1.165) is 12.0 Å². The Morgan fingerprint density at radius 3 is 2.42 bits per heavy atom. The summed E-state index contributed by atoms with van der Waals surface area (Å²) in [5.41, 5.74) is 1.10. The SMILES string of the molecule is CCCC(CNC(=O)CN(CCc1ccccc1)C(C)=O)C(=O)O. The topological polar surface area (TPSA) is 86.7 Å². The van der Waals surface area contributed by atoms with Gasteiger partial charge in [-0.05, 0) is 18.4 Å². The number of nitrogens with zero attached hydrogens (tertiary/aromatic N) is 1. The van der Waals surface area contributed by atoms with E-state index in [2.05, 4.69) is 5.32 Å². The summed E-state index contributed by atoms with van der Waals surface area (Å²) in [4.78, 5) is 36.3. The van der Waals surface area contributed by atoms with E-state index in [1.54, 1.807) is 0 Å². The second-order valence-electron chi connectivity index (χ2n) is 5.80. The lowest BCUT2D eigenvalue weighted by Gasteiger charge is -2.21. The number of amides is 2. The minimum atomic E-state index is -0.912. The zero-order valence-corrected chi connectivity index (χ0v) is 14.3. The zero-order chi connectivity index (χ0) is 17.9. The van der Waals surface area contributed by atoms with Gasteiger partial charge in [0.15, 0.2) is 0 Å². The summed E-state index contributed by atoms with van der Waals surface area (Å²) < 4.78 is 0. The summed E-state index contributed by atoms with van der Waals surface area (Å²) in [5.74, 6) is -2.01. The first-order valence-electron chi connectivity index (χ1n) is 8.23. The maximum atomic E-state index is 12.0. The van der Waals surface area contributed by atoms with Crippen LogP contribution in [0.5, 0.6) is 0 Å². The van der Waals surface area contributed by atoms with Crippen molar-refractivity contribution in [1.82, 2.24) is 10.2 Å². The van der Waals surface area contributed by atoms with Crippen LogP contribution in [0.1, 0.15) is 32.3 Å². The van der Waals surface area contributed by atoms with Crippen molar-refractivity contribution in [3.8, 4) is 0 Å². The molecule has 0 saturated heterocycles. The average Bonchev–Trinajstić information content (AvgIpc) is 2.55. The Balaban J connectivity index is 2.47. The van der Waals surface area contributed by atoms with Gasteiger partial charge >= 0.3 is 5.97 Å². The minimum Gasteiger partial charge on any atom is -0.481 e. The third kappa shape index (κ3) is 7.26. The van der Waals surface area contributed by atoms with Crippen molar-refractivity contribution in [1.29, 1.82) is 0 Å². The van der Waals surface area contributed by atoms with E-state index in [9.17, 15) is 14.4 Å². The highest BCUT2D eigenvalue weighted by atomic mass is 16.4. The Kier molecular flexibility index (Phi) is 8.54. The molecular weight excluding hydrogens is 308 g/mol. The Labute approximate surface area is 142 Å².